The monoisotopic (exact) mass is 626 g/mol. The number of methoxy groups -OCH3 is 1. The molecule has 4 aromatic rings. The molecule has 0 unspecified atom stereocenters. The molecule has 2 aliphatic heterocycles. The quantitative estimate of drug-likeness (QED) is 0.149. The van der Waals surface area contributed by atoms with E-state index < -0.39 is 0 Å². The molecular formula is C36H39FN4O5. The van der Waals surface area contributed by atoms with Crippen LogP contribution in [0.2, 0.25) is 0 Å². The molecule has 3 aromatic carbocycles. The number of halogens is 1. The maximum absolute atomic E-state index is 13.4. The van der Waals surface area contributed by atoms with Crippen LogP contribution in [0.5, 0.6) is 17.2 Å². The summed E-state index contributed by atoms with van der Waals surface area (Å²) in [5, 5.41) is 0.458. The molecule has 0 N–H and O–H groups in total. The number of amides is 1. The van der Waals surface area contributed by atoms with Gasteiger partial charge in [0.15, 0.2) is 11.5 Å². The van der Waals surface area contributed by atoms with Crippen molar-refractivity contribution in [3.8, 4) is 22.9 Å². The van der Waals surface area contributed by atoms with Crippen molar-refractivity contribution in [2.45, 2.75) is 64.3 Å². The van der Waals surface area contributed by atoms with E-state index in [9.17, 15) is 14.0 Å². The van der Waals surface area contributed by atoms with Crippen molar-refractivity contribution in [3.05, 3.63) is 82.2 Å². The van der Waals surface area contributed by atoms with Crippen LogP contribution in [0.15, 0.2) is 64.4 Å². The Morgan fingerprint density at radius 2 is 1.63 bits per heavy atom. The molecule has 10 heteroatoms. The molecule has 0 spiro atoms. The van der Waals surface area contributed by atoms with Gasteiger partial charge >= 0.3 is 0 Å². The third kappa shape index (κ3) is 6.76. The largest absolute Gasteiger partial charge is 0.494 e. The van der Waals surface area contributed by atoms with Crippen LogP contribution in [-0.2, 0) is 0 Å². The number of nitrogens with zero attached hydrogens (tertiary/aromatic N) is 4. The molecular weight excluding hydrogens is 587 g/mol. The van der Waals surface area contributed by atoms with Crippen LogP contribution in [0, 0.1) is 12.7 Å². The number of hydrogen-bond donors (Lipinski definition) is 0. The lowest BCUT2D eigenvalue weighted by molar-refractivity contribution is 0.0774. The first-order valence-electron chi connectivity index (χ1n) is 16.0. The van der Waals surface area contributed by atoms with Gasteiger partial charge in [-0.05, 0) is 81.1 Å². The third-order valence-corrected chi connectivity index (χ3v) is 8.62. The summed E-state index contributed by atoms with van der Waals surface area (Å²) in [5.41, 5.74) is 2.15. The first-order chi connectivity index (χ1) is 22.4. The maximum atomic E-state index is 13.4. The van der Waals surface area contributed by atoms with Crippen molar-refractivity contribution in [1.29, 1.82) is 0 Å². The van der Waals surface area contributed by atoms with Crippen LogP contribution >= 0.6 is 0 Å². The van der Waals surface area contributed by atoms with Crippen molar-refractivity contribution in [1.82, 2.24) is 14.5 Å². The summed E-state index contributed by atoms with van der Waals surface area (Å²) in [4.78, 5) is 37.4. The number of hydrogen-bond acceptors (Lipinski definition) is 7. The van der Waals surface area contributed by atoms with Crippen molar-refractivity contribution in [2.75, 3.05) is 26.9 Å². The molecule has 46 heavy (non-hydrogen) atoms. The number of unbranched alkanes of at least 4 members (excludes halogenated alkanes) is 5. The SMILES string of the molecule is COc1cc2c(cc1OCCCCCCCCOc1ccc3nc(C)n(-c4ccc(F)cc4)c(=O)c3c1)N=C[C@@H]1CCCN1C2=O. The van der Waals surface area contributed by atoms with Gasteiger partial charge in [-0.15, -0.1) is 0 Å². The predicted molar refractivity (Wildman–Crippen MR) is 176 cm³/mol. The Hall–Kier alpha value is -4.73. The zero-order valence-electron chi connectivity index (χ0n) is 26.3. The lowest BCUT2D eigenvalue weighted by Crippen LogP contribution is -2.35. The second-order valence-corrected chi connectivity index (χ2v) is 11.8. The molecule has 3 heterocycles. The molecule has 9 nitrogen and oxygen atoms in total. The van der Waals surface area contributed by atoms with E-state index in [1.807, 2.05) is 23.2 Å². The van der Waals surface area contributed by atoms with Gasteiger partial charge in [0.25, 0.3) is 11.5 Å². The second kappa shape index (κ2) is 14.1. The number of benzene rings is 3. The van der Waals surface area contributed by atoms with Gasteiger partial charge < -0.3 is 19.1 Å². The van der Waals surface area contributed by atoms with Gasteiger partial charge in [-0.3, -0.25) is 19.1 Å². The van der Waals surface area contributed by atoms with E-state index >= 15 is 0 Å². The molecule has 0 radical (unpaired) electrons. The molecule has 1 fully saturated rings. The summed E-state index contributed by atoms with van der Waals surface area (Å²) < 4.78 is 32.5. The van der Waals surface area contributed by atoms with Gasteiger partial charge in [-0.1, -0.05) is 25.7 Å². The molecule has 6 rings (SSSR count). The Bertz CT molecular complexity index is 1800. The van der Waals surface area contributed by atoms with Crippen LogP contribution in [-0.4, -0.2) is 59.5 Å². The minimum atomic E-state index is -0.360. The van der Waals surface area contributed by atoms with Crippen LogP contribution < -0.4 is 19.8 Å². The standard InChI is InChI=1S/C36H39FN4O5/c1-24-39-31-16-15-28(20-29(31)36(43)41(24)26-13-11-25(37)12-14-26)45-18-7-5-3-4-6-8-19-46-34-22-32-30(21-33(34)44-2)35(42)40-17-9-10-27(40)23-38-32/h11-16,20-23,27H,3-10,17-19H2,1-2H3/t27-/m0/s1. The first kappa shape index (κ1) is 31.3. The molecule has 1 atom stereocenters. The van der Waals surface area contributed by atoms with Crippen molar-refractivity contribution < 1.29 is 23.4 Å². The predicted octanol–water partition coefficient (Wildman–Crippen LogP) is 6.96. The highest BCUT2D eigenvalue weighted by atomic mass is 19.1. The van der Waals surface area contributed by atoms with Crippen molar-refractivity contribution in [3.63, 3.8) is 0 Å². The zero-order valence-corrected chi connectivity index (χ0v) is 26.3. The van der Waals surface area contributed by atoms with E-state index in [-0.39, 0.29) is 23.3 Å². The minimum Gasteiger partial charge on any atom is -0.494 e. The number of aliphatic imine (C=N–C) groups is 1. The van der Waals surface area contributed by atoms with Gasteiger partial charge in [-0.25, -0.2) is 9.37 Å². The molecule has 0 saturated carbocycles. The Kier molecular flexibility index (Phi) is 9.61. The average molecular weight is 627 g/mol. The lowest BCUT2D eigenvalue weighted by atomic mass is 10.1. The number of aromatic nitrogens is 2. The maximum Gasteiger partial charge on any atom is 0.266 e. The Balaban J connectivity index is 0.928. The number of ether oxygens (including phenoxy) is 3. The zero-order chi connectivity index (χ0) is 32.0. The third-order valence-electron chi connectivity index (χ3n) is 8.62. The lowest BCUT2D eigenvalue weighted by Gasteiger charge is -2.20. The molecule has 1 amide bonds. The van der Waals surface area contributed by atoms with Crippen LogP contribution in [0.4, 0.5) is 10.1 Å². The van der Waals surface area contributed by atoms with Crippen molar-refractivity contribution >= 4 is 28.7 Å². The summed E-state index contributed by atoms with van der Waals surface area (Å²) in [6.07, 6.45) is 9.90. The topological polar surface area (TPSA) is 95.2 Å². The fourth-order valence-corrected chi connectivity index (χ4v) is 6.16. The molecule has 0 aliphatic carbocycles. The van der Waals surface area contributed by atoms with Gasteiger partial charge in [0, 0.05) is 18.8 Å². The summed E-state index contributed by atoms with van der Waals surface area (Å²) in [6.45, 7) is 3.64. The van der Waals surface area contributed by atoms with Crippen LogP contribution in [0.1, 0.15) is 67.5 Å². The Labute approximate surface area is 267 Å². The number of carbonyl (C=O) groups is 1. The highest BCUT2D eigenvalue weighted by molar-refractivity contribution is 6.03. The van der Waals surface area contributed by atoms with Crippen LogP contribution in [0.25, 0.3) is 16.6 Å². The molecule has 0 bridgehead atoms. The van der Waals surface area contributed by atoms with Crippen molar-refractivity contribution in [2.24, 2.45) is 4.99 Å². The highest BCUT2D eigenvalue weighted by Gasteiger charge is 2.32. The summed E-state index contributed by atoms with van der Waals surface area (Å²) >= 11 is 0. The van der Waals surface area contributed by atoms with E-state index in [0.29, 0.717) is 64.1 Å². The summed E-state index contributed by atoms with van der Waals surface area (Å²) in [5.74, 6) is 1.97. The molecule has 2 aliphatic rings. The number of fused-ring (bicyclic) bond motifs is 3. The number of aryl methyl sites for hydroxylation is 1. The molecule has 1 aromatic heterocycles. The van der Waals surface area contributed by atoms with Gasteiger partial charge in [-0.2, -0.15) is 0 Å². The smallest absolute Gasteiger partial charge is 0.266 e. The first-order valence-corrected chi connectivity index (χ1v) is 16.0. The number of rotatable bonds is 13. The summed E-state index contributed by atoms with van der Waals surface area (Å²) in [7, 11) is 1.59. The van der Waals surface area contributed by atoms with Crippen LogP contribution in [0.3, 0.4) is 0 Å². The van der Waals surface area contributed by atoms with Gasteiger partial charge in [0.1, 0.15) is 17.4 Å². The Morgan fingerprint density at radius 1 is 0.891 bits per heavy atom. The summed E-state index contributed by atoms with van der Waals surface area (Å²) in [6, 6.07) is 14.8. The Morgan fingerprint density at radius 3 is 2.39 bits per heavy atom. The number of carbonyl (C=O) groups excluding carboxylic acids is 1. The normalized spacial score (nSPS) is 15.5. The molecule has 240 valence electrons. The average Bonchev–Trinajstić information content (AvgIpc) is 3.49. The van der Waals surface area contributed by atoms with Gasteiger partial charge in [0.2, 0.25) is 0 Å². The second-order valence-electron chi connectivity index (χ2n) is 11.8. The van der Waals surface area contributed by atoms with E-state index in [1.165, 1.54) is 16.7 Å². The van der Waals surface area contributed by atoms with E-state index in [0.717, 1.165) is 57.9 Å². The minimum absolute atomic E-state index is 0.00249. The fourth-order valence-electron chi connectivity index (χ4n) is 6.16. The van der Waals surface area contributed by atoms with Gasteiger partial charge in [0.05, 0.1) is 54.2 Å². The van der Waals surface area contributed by atoms with E-state index in [2.05, 4.69) is 9.98 Å². The highest BCUT2D eigenvalue weighted by Crippen LogP contribution is 2.38. The fraction of sp³-hybridized carbons (Fsp3) is 0.389. The van der Waals surface area contributed by atoms with E-state index in [1.54, 1.807) is 44.4 Å². The van der Waals surface area contributed by atoms with E-state index in [4.69, 9.17) is 14.2 Å². The molecule has 1 saturated heterocycles.